The number of benzene rings is 3. The SMILES string of the molecule is O=C(N/N=C/c1cccc(OC(=O)c2sc3ccccc3c2Cl)c1)c1ccn(Cc2ccccc2F)n1. The number of esters is 1. The number of carbonyl (C=O) groups excluding carboxylic acids is 2. The van der Waals surface area contributed by atoms with Crippen molar-refractivity contribution in [1.29, 1.82) is 0 Å². The molecule has 0 fully saturated rings. The minimum absolute atomic E-state index is 0.136. The number of halogens is 2. The molecule has 0 aliphatic rings. The molecule has 0 radical (unpaired) electrons. The van der Waals surface area contributed by atoms with E-state index in [9.17, 15) is 14.0 Å². The molecule has 10 heteroatoms. The quantitative estimate of drug-likeness (QED) is 0.122. The summed E-state index contributed by atoms with van der Waals surface area (Å²) in [6.07, 6.45) is 3.00. The van der Waals surface area contributed by atoms with E-state index in [2.05, 4.69) is 15.6 Å². The van der Waals surface area contributed by atoms with Gasteiger partial charge < -0.3 is 4.74 Å². The van der Waals surface area contributed by atoms with Gasteiger partial charge in [0.25, 0.3) is 5.91 Å². The highest BCUT2D eigenvalue weighted by Gasteiger charge is 2.19. The van der Waals surface area contributed by atoms with Gasteiger partial charge >= 0.3 is 5.97 Å². The molecular weight excluding hydrogens is 515 g/mol. The number of amides is 1. The van der Waals surface area contributed by atoms with Crippen LogP contribution >= 0.6 is 22.9 Å². The van der Waals surface area contributed by atoms with Crippen molar-refractivity contribution in [3.8, 4) is 5.75 Å². The van der Waals surface area contributed by atoms with Crippen LogP contribution in [0.1, 0.15) is 31.3 Å². The number of rotatable bonds is 7. The highest BCUT2D eigenvalue weighted by molar-refractivity contribution is 7.21. The van der Waals surface area contributed by atoms with Crippen LogP contribution in [0.15, 0.2) is 90.2 Å². The van der Waals surface area contributed by atoms with E-state index in [1.807, 2.05) is 24.3 Å². The summed E-state index contributed by atoms with van der Waals surface area (Å²) in [6, 6.07) is 22.0. The molecule has 0 aliphatic heterocycles. The summed E-state index contributed by atoms with van der Waals surface area (Å²) in [5.41, 5.74) is 3.60. The Hall–Kier alpha value is -4.34. The van der Waals surface area contributed by atoms with E-state index < -0.39 is 11.9 Å². The Balaban J connectivity index is 1.20. The van der Waals surface area contributed by atoms with Crippen LogP contribution < -0.4 is 10.2 Å². The van der Waals surface area contributed by atoms with Gasteiger partial charge in [0.05, 0.1) is 17.8 Å². The summed E-state index contributed by atoms with van der Waals surface area (Å²) in [6.45, 7) is 0.196. The molecule has 0 aliphatic carbocycles. The van der Waals surface area contributed by atoms with Crippen molar-refractivity contribution in [2.45, 2.75) is 6.54 Å². The lowest BCUT2D eigenvalue weighted by atomic mass is 10.2. The zero-order valence-electron chi connectivity index (χ0n) is 19.1. The fourth-order valence-corrected chi connectivity index (χ4v) is 4.94. The molecule has 1 N–H and O–H groups in total. The van der Waals surface area contributed by atoms with Gasteiger partial charge in [-0.15, -0.1) is 11.3 Å². The molecule has 5 rings (SSSR count). The minimum atomic E-state index is -0.556. The third-order valence-electron chi connectivity index (χ3n) is 5.33. The number of hydrazone groups is 1. The number of carbonyl (C=O) groups is 2. The average Bonchev–Trinajstić information content (AvgIpc) is 3.50. The standard InChI is InChI=1S/C27H18ClFN4O3S/c28-24-20-9-2-4-11-23(20)37-25(24)27(35)36-19-8-5-6-17(14-19)15-30-31-26(34)22-12-13-33(32-22)16-18-7-1-3-10-21(18)29/h1-15H,16H2,(H,31,34)/b30-15+. The van der Waals surface area contributed by atoms with E-state index >= 15 is 0 Å². The van der Waals surface area contributed by atoms with Crippen LogP contribution in [0.5, 0.6) is 5.75 Å². The summed E-state index contributed by atoms with van der Waals surface area (Å²) in [4.78, 5) is 25.4. The van der Waals surface area contributed by atoms with E-state index in [0.717, 1.165) is 10.1 Å². The Bertz CT molecular complexity index is 1650. The summed E-state index contributed by atoms with van der Waals surface area (Å²) in [7, 11) is 0. The molecule has 0 bridgehead atoms. The van der Waals surface area contributed by atoms with Crippen molar-refractivity contribution in [1.82, 2.24) is 15.2 Å². The van der Waals surface area contributed by atoms with Crippen LogP contribution in [0.2, 0.25) is 5.02 Å². The van der Waals surface area contributed by atoms with Crippen LogP contribution in [0.3, 0.4) is 0 Å². The van der Waals surface area contributed by atoms with Crippen molar-refractivity contribution in [3.05, 3.63) is 118 Å². The molecule has 2 aromatic heterocycles. The highest BCUT2D eigenvalue weighted by atomic mass is 35.5. The predicted molar refractivity (Wildman–Crippen MR) is 141 cm³/mol. The minimum Gasteiger partial charge on any atom is -0.422 e. The van der Waals surface area contributed by atoms with Crippen molar-refractivity contribution < 1.29 is 18.7 Å². The van der Waals surface area contributed by atoms with Gasteiger partial charge in [0, 0.05) is 21.8 Å². The van der Waals surface area contributed by atoms with E-state index in [1.165, 1.54) is 34.4 Å². The Morgan fingerprint density at radius 3 is 2.73 bits per heavy atom. The summed E-state index contributed by atoms with van der Waals surface area (Å²) in [5.74, 6) is -1.11. The maximum absolute atomic E-state index is 13.8. The lowest BCUT2D eigenvalue weighted by molar-refractivity contribution is 0.0739. The van der Waals surface area contributed by atoms with Gasteiger partial charge in [0.15, 0.2) is 5.69 Å². The van der Waals surface area contributed by atoms with Gasteiger partial charge in [0.2, 0.25) is 0 Å². The Labute approximate surface area is 219 Å². The maximum Gasteiger partial charge on any atom is 0.355 e. The summed E-state index contributed by atoms with van der Waals surface area (Å²) < 4.78 is 21.7. The second-order valence-corrected chi connectivity index (χ2v) is 9.32. The third kappa shape index (κ3) is 5.58. The molecule has 184 valence electrons. The average molecular weight is 533 g/mol. The van der Waals surface area contributed by atoms with Crippen LogP contribution in [0.25, 0.3) is 10.1 Å². The zero-order chi connectivity index (χ0) is 25.8. The lowest BCUT2D eigenvalue weighted by Crippen LogP contribution is -2.18. The van der Waals surface area contributed by atoms with Gasteiger partial charge in [-0.25, -0.2) is 14.6 Å². The lowest BCUT2D eigenvalue weighted by Gasteiger charge is -2.04. The number of thiophene rings is 1. The van der Waals surface area contributed by atoms with Gasteiger partial charge in [0.1, 0.15) is 16.4 Å². The Morgan fingerprint density at radius 1 is 1.08 bits per heavy atom. The molecule has 3 aromatic carbocycles. The van der Waals surface area contributed by atoms with Gasteiger partial charge in [-0.3, -0.25) is 9.48 Å². The van der Waals surface area contributed by atoms with Crippen LogP contribution in [0, 0.1) is 5.82 Å². The maximum atomic E-state index is 13.8. The Kier molecular flexibility index (Phi) is 7.07. The molecule has 0 spiro atoms. The monoisotopic (exact) mass is 532 g/mol. The van der Waals surface area contributed by atoms with Crippen molar-refractivity contribution >= 4 is 51.1 Å². The molecule has 5 aromatic rings. The number of aromatic nitrogens is 2. The van der Waals surface area contributed by atoms with E-state index in [-0.39, 0.29) is 18.1 Å². The number of nitrogens with one attached hydrogen (secondary N) is 1. The largest absolute Gasteiger partial charge is 0.422 e. The van der Waals surface area contributed by atoms with Crippen molar-refractivity contribution in [2.24, 2.45) is 5.10 Å². The van der Waals surface area contributed by atoms with Crippen LogP contribution in [0.4, 0.5) is 4.39 Å². The molecule has 7 nitrogen and oxygen atoms in total. The Morgan fingerprint density at radius 2 is 1.89 bits per heavy atom. The van der Waals surface area contributed by atoms with Crippen molar-refractivity contribution in [2.75, 3.05) is 0 Å². The fourth-order valence-electron chi connectivity index (χ4n) is 3.55. The van der Waals surface area contributed by atoms with Crippen molar-refractivity contribution in [3.63, 3.8) is 0 Å². The fraction of sp³-hybridized carbons (Fsp3) is 0.0370. The zero-order valence-corrected chi connectivity index (χ0v) is 20.7. The molecule has 37 heavy (non-hydrogen) atoms. The first-order valence-electron chi connectivity index (χ1n) is 11.1. The summed E-state index contributed by atoms with van der Waals surface area (Å²) in [5, 5.41) is 9.28. The molecule has 1 amide bonds. The van der Waals surface area contributed by atoms with Gasteiger partial charge in [-0.2, -0.15) is 10.2 Å². The number of ether oxygens (including phenoxy) is 1. The first kappa shape index (κ1) is 24.4. The molecule has 0 saturated heterocycles. The number of nitrogens with zero attached hydrogens (tertiary/aromatic N) is 3. The predicted octanol–water partition coefficient (Wildman–Crippen LogP) is 5.92. The number of hydrogen-bond donors (Lipinski definition) is 1. The van der Waals surface area contributed by atoms with Gasteiger partial charge in [-0.05, 0) is 35.9 Å². The highest BCUT2D eigenvalue weighted by Crippen LogP contribution is 2.35. The van der Waals surface area contributed by atoms with Crippen LogP contribution in [-0.4, -0.2) is 27.9 Å². The van der Waals surface area contributed by atoms with E-state index in [0.29, 0.717) is 26.8 Å². The molecule has 0 saturated carbocycles. The molecule has 0 atom stereocenters. The normalized spacial score (nSPS) is 11.2. The number of fused-ring (bicyclic) bond motifs is 1. The number of hydrogen-bond acceptors (Lipinski definition) is 6. The van der Waals surface area contributed by atoms with E-state index in [4.69, 9.17) is 16.3 Å². The molecule has 0 unspecified atom stereocenters. The second kappa shape index (κ2) is 10.7. The van der Waals surface area contributed by atoms with Gasteiger partial charge in [-0.1, -0.05) is 60.1 Å². The third-order valence-corrected chi connectivity index (χ3v) is 6.99. The van der Waals surface area contributed by atoms with Crippen LogP contribution in [-0.2, 0) is 6.54 Å². The van der Waals surface area contributed by atoms with E-state index in [1.54, 1.807) is 48.7 Å². The first-order valence-corrected chi connectivity index (χ1v) is 12.3. The summed E-state index contributed by atoms with van der Waals surface area (Å²) >= 11 is 7.64. The smallest absolute Gasteiger partial charge is 0.355 e. The first-order chi connectivity index (χ1) is 18.0. The molecule has 2 heterocycles. The molecular formula is C27H18ClFN4O3S. The topological polar surface area (TPSA) is 85.6 Å². The second-order valence-electron chi connectivity index (χ2n) is 7.89.